The molecule has 1 saturated heterocycles. The fraction of sp³-hybridized carbons (Fsp3) is 0.556. The van der Waals surface area contributed by atoms with Gasteiger partial charge in [0.2, 0.25) is 0 Å². The molecule has 0 bridgehead atoms. The number of hydrogen-bond donors (Lipinski definition) is 1. The molecule has 0 aliphatic carbocycles. The van der Waals surface area contributed by atoms with E-state index in [0.717, 1.165) is 17.9 Å². The van der Waals surface area contributed by atoms with Gasteiger partial charge in [0.05, 0.1) is 9.89 Å². The SMILES string of the molecule is OC1CSCC1Cc1ccc(Br)s1. The highest BCUT2D eigenvalue weighted by atomic mass is 79.9. The van der Waals surface area contributed by atoms with E-state index in [1.165, 1.54) is 8.66 Å². The normalized spacial score (nSPS) is 28.2. The predicted molar refractivity (Wildman–Crippen MR) is 62.5 cm³/mol. The third kappa shape index (κ3) is 2.49. The summed E-state index contributed by atoms with van der Waals surface area (Å²) in [4.78, 5) is 1.37. The first-order chi connectivity index (χ1) is 6.25. The lowest BCUT2D eigenvalue weighted by atomic mass is 10.0. The van der Waals surface area contributed by atoms with Crippen LogP contribution in [0.25, 0.3) is 0 Å². The van der Waals surface area contributed by atoms with Crippen molar-refractivity contribution in [2.75, 3.05) is 11.5 Å². The van der Waals surface area contributed by atoms with Crippen LogP contribution in [-0.4, -0.2) is 22.7 Å². The van der Waals surface area contributed by atoms with E-state index in [-0.39, 0.29) is 6.10 Å². The number of aliphatic hydroxyl groups excluding tert-OH is 1. The summed E-state index contributed by atoms with van der Waals surface area (Å²) in [6.07, 6.45) is 0.940. The molecule has 1 aliphatic heterocycles. The summed E-state index contributed by atoms with van der Waals surface area (Å²) < 4.78 is 1.18. The minimum absolute atomic E-state index is 0.0918. The van der Waals surface area contributed by atoms with Crippen LogP contribution in [0.4, 0.5) is 0 Å². The first-order valence-corrected chi connectivity index (χ1v) is 7.02. The molecule has 1 N–H and O–H groups in total. The van der Waals surface area contributed by atoms with Crippen LogP contribution in [0.2, 0.25) is 0 Å². The minimum atomic E-state index is -0.0918. The van der Waals surface area contributed by atoms with Crippen molar-refractivity contribution >= 4 is 39.0 Å². The number of rotatable bonds is 2. The molecule has 72 valence electrons. The molecule has 2 heterocycles. The molecule has 4 heteroatoms. The molecular formula is C9H11BrOS2. The van der Waals surface area contributed by atoms with E-state index < -0.39 is 0 Å². The van der Waals surface area contributed by atoms with Crippen molar-refractivity contribution in [2.45, 2.75) is 12.5 Å². The van der Waals surface area contributed by atoms with Crippen molar-refractivity contribution in [3.05, 3.63) is 20.8 Å². The average Bonchev–Trinajstić information content (AvgIpc) is 2.64. The number of aliphatic hydroxyl groups is 1. The Balaban J connectivity index is 1.97. The third-order valence-electron chi connectivity index (χ3n) is 2.26. The zero-order valence-electron chi connectivity index (χ0n) is 7.07. The highest BCUT2D eigenvalue weighted by molar-refractivity contribution is 9.11. The molecule has 1 fully saturated rings. The van der Waals surface area contributed by atoms with Crippen LogP contribution in [0.5, 0.6) is 0 Å². The second-order valence-electron chi connectivity index (χ2n) is 3.27. The molecule has 1 aromatic heterocycles. The van der Waals surface area contributed by atoms with E-state index in [1.54, 1.807) is 11.3 Å². The van der Waals surface area contributed by atoms with Crippen molar-refractivity contribution < 1.29 is 5.11 Å². The van der Waals surface area contributed by atoms with Gasteiger partial charge in [-0.05, 0) is 46.2 Å². The Labute approximate surface area is 94.7 Å². The summed E-state index contributed by atoms with van der Waals surface area (Å²) in [7, 11) is 0. The van der Waals surface area contributed by atoms with Crippen LogP contribution in [0, 0.1) is 5.92 Å². The van der Waals surface area contributed by atoms with E-state index in [4.69, 9.17) is 0 Å². The van der Waals surface area contributed by atoms with Gasteiger partial charge in [0.1, 0.15) is 0 Å². The second kappa shape index (κ2) is 4.34. The van der Waals surface area contributed by atoms with Gasteiger partial charge in [-0.25, -0.2) is 0 Å². The lowest BCUT2D eigenvalue weighted by molar-refractivity contribution is 0.150. The zero-order valence-corrected chi connectivity index (χ0v) is 10.3. The zero-order chi connectivity index (χ0) is 9.26. The Morgan fingerprint density at radius 2 is 2.31 bits per heavy atom. The molecular weight excluding hydrogens is 268 g/mol. The van der Waals surface area contributed by atoms with Gasteiger partial charge < -0.3 is 5.11 Å². The van der Waals surface area contributed by atoms with Crippen molar-refractivity contribution in [3.8, 4) is 0 Å². The maximum Gasteiger partial charge on any atom is 0.0701 e. The van der Waals surface area contributed by atoms with Crippen LogP contribution in [0.1, 0.15) is 4.88 Å². The molecule has 0 spiro atoms. The first-order valence-electron chi connectivity index (χ1n) is 4.26. The molecule has 0 amide bonds. The average molecular weight is 279 g/mol. The molecule has 2 rings (SSSR count). The Hall–Kier alpha value is 0.490. The Morgan fingerprint density at radius 3 is 2.85 bits per heavy atom. The monoisotopic (exact) mass is 278 g/mol. The molecule has 1 nitrogen and oxygen atoms in total. The Kier molecular flexibility index (Phi) is 3.35. The van der Waals surface area contributed by atoms with Crippen LogP contribution >= 0.6 is 39.0 Å². The summed E-state index contributed by atoms with van der Waals surface area (Å²) in [5, 5.41) is 9.63. The van der Waals surface area contributed by atoms with Gasteiger partial charge in [0.25, 0.3) is 0 Å². The second-order valence-corrected chi connectivity index (χ2v) is 6.90. The van der Waals surface area contributed by atoms with Gasteiger partial charge in [-0.1, -0.05) is 0 Å². The van der Waals surface area contributed by atoms with Crippen molar-refractivity contribution in [1.29, 1.82) is 0 Å². The number of thiophene rings is 1. The number of halogens is 1. The summed E-state index contributed by atoms with van der Waals surface area (Å²) in [5.41, 5.74) is 0. The van der Waals surface area contributed by atoms with E-state index in [9.17, 15) is 5.11 Å². The maximum absolute atomic E-state index is 9.63. The topological polar surface area (TPSA) is 20.2 Å². The van der Waals surface area contributed by atoms with Gasteiger partial charge in [0, 0.05) is 10.6 Å². The van der Waals surface area contributed by atoms with E-state index >= 15 is 0 Å². The maximum atomic E-state index is 9.63. The van der Waals surface area contributed by atoms with Gasteiger partial charge in [0.15, 0.2) is 0 Å². The standard InChI is InChI=1S/C9H11BrOS2/c10-9-2-1-7(13-9)3-6-4-12-5-8(6)11/h1-2,6,8,11H,3-5H2. The highest BCUT2D eigenvalue weighted by Crippen LogP contribution is 2.30. The lowest BCUT2D eigenvalue weighted by Gasteiger charge is -2.11. The van der Waals surface area contributed by atoms with E-state index in [1.807, 2.05) is 11.8 Å². The lowest BCUT2D eigenvalue weighted by Crippen LogP contribution is -2.19. The van der Waals surface area contributed by atoms with Gasteiger partial charge in [-0.15, -0.1) is 11.3 Å². The van der Waals surface area contributed by atoms with Crippen LogP contribution < -0.4 is 0 Å². The van der Waals surface area contributed by atoms with E-state index in [2.05, 4.69) is 28.1 Å². The van der Waals surface area contributed by atoms with Crippen molar-refractivity contribution in [3.63, 3.8) is 0 Å². The molecule has 1 aromatic rings. The summed E-state index contributed by atoms with van der Waals surface area (Å²) in [6.45, 7) is 0. The fourth-order valence-electron chi connectivity index (χ4n) is 1.50. The minimum Gasteiger partial charge on any atom is -0.392 e. The van der Waals surface area contributed by atoms with Crippen LogP contribution in [0.15, 0.2) is 15.9 Å². The number of hydrogen-bond acceptors (Lipinski definition) is 3. The molecule has 0 radical (unpaired) electrons. The van der Waals surface area contributed by atoms with E-state index in [0.29, 0.717) is 5.92 Å². The van der Waals surface area contributed by atoms with Crippen molar-refractivity contribution in [1.82, 2.24) is 0 Å². The fourth-order valence-corrected chi connectivity index (χ4v) is 4.37. The summed E-state index contributed by atoms with van der Waals surface area (Å²) in [6, 6.07) is 4.22. The molecule has 2 atom stereocenters. The number of thioether (sulfide) groups is 1. The first kappa shape index (κ1) is 10.0. The molecule has 13 heavy (non-hydrogen) atoms. The molecule has 1 aliphatic rings. The van der Waals surface area contributed by atoms with Crippen LogP contribution in [-0.2, 0) is 6.42 Å². The van der Waals surface area contributed by atoms with Crippen molar-refractivity contribution in [2.24, 2.45) is 5.92 Å². The molecule has 0 saturated carbocycles. The highest BCUT2D eigenvalue weighted by Gasteiger charge is 2.26. The molecule has 2 unspecified atom stereocenters. The third-order valence-corrected chi connectivity index (χ3v) is 5.14. The Morgan fingerprint density at radius 1 is 1.46 bits per heavy atom. The van der Waals surface area contributed by atoms with Gasteiger partial charge in [-0.2, -0.15) is 11.8 Å². The van der Waals surface area contributed by atoms with Crippen LogP contribution in [0.3, 0.4) is 0 Å². The molecule has 0 aromatic carbocycles. The van der Waals surface area contributed by atoms with Gasteiger partial charge >= 0.3 is 0 Å². The Bertz CT molecular complexity index is 287. The summed E-state index contributed by atoms with van der Waals surface area (Å²) >= 11 is 7.08. The quantitative estimate of drug-likeness (QED) is 0.898. The van der Waals surface area contributed by atoms with Gasteiger partial charge in [-0.3, -0.25) is 0 Å². The summed E-state index contributed by atoms with van der Waals surface area (Å²) in [5.74, 6) is 2.49. The predicted octanol–water partition coefficient (Wildman–Crippen LogP) is 2.78. The smallest absolute Gasteiger partial charge is 0.0701 e. The largest absolute Gasteiger partial charge is 0.392 e.